The van der Waals surface area contributed by atoms with E-state index in [2.05, 4.69) is 43.1 Å². The molecule has 0 unspecified atom stereocenters. The molecule has 0 aliphatic heterocycles. The van der Waals surface area contributed by atoms with Gasteiger partial charge in [0.2, 0.25) is 0 Å². The van der Waals surface area contributed by atoms with Gasteiger partial charge in [-0.1, -0.05) is 33.1 Å². The number of nitrogens with zero attached hydrogens (tertiary/aromatic N) is 2. The molecular weight excluding hydrogens is 222 g/mol. The molecule has 1 N–H and O–H groups in total. The fourth-order valence-electron chi connectivity index (χ4n) is 2.03. The third-order valence-corrected chi connectivity index (χ3v) is 3.22. The van der Waals surface area contributed by atoms with Crippen molar-refractivity contribution < 1.29 is 0 Å². The van der Waals surface area contributed by atoms with E-state index in [-0.39, 0.29) is 0 Å². The van der Waals surface area contributed by atoms with Crippen LogP contribution in [0.5, 0.6) is 0 Å². The lowest BCUT2D eigenvalue weighted by molar-refractivity contribution is 0.241. The van der Waals surface area contributed by atoms with Crippen LogP contribution in [0.15, 0.2) is 0 Å². The molecule has 0 aromatic heterocycles. The van der Waals surface area contributed by atoms with Crippen molar-refractivity contribution >= 4 is 0 Å². The molecule has 0 atom stereocenters. The number of rotatable bonds is 13. The van der Waals surface area contributed by atoms with Gasteiger partial charge >= 0.3 is 0 Å². The Bertz CT molecular complexity index is 160. The van der Waals surface area contributed by atoms with Crippen molar-refractivity contribution in [2.45, 2.75) is 46.0 Å². The number of hydrogen-bond acceptors (Lipinski definition) is 3. The average molecular weight is 257 g/mol. The summed E-state index contributed by atoms with van der Waals surface area (Å²) in [6.07, 6.45) is 6.67. The van der Waals surface area contributed by atoms with Gasteiger partial charge in [-0.2, -0.15) is 0 Å². The Kier molecular flexibility index (Phi) is 13.2. The lowest BCUT2D eigenvalue weighted by Crippen LogP contribution is -2.37. The van der Waals surface area contributed by atoms with Crippen molar-refractivity contribution in [3.63, 3.8) is 0 Å². The molecule has 110 valence electrons. The van der Waals surface area contributed by atoms with E-state index >= 15 is 0 Å². The number of nitrogens with one attached hydrogen (secondary N) is 1. The lowest BCUT2D eigenvalue weighted by atomic mass is 10.2. The monoisotopic (exact) mass is 257 g/mol. The zero-order chi connectivity index (χ0) is 13.6. The molecule has 3 nitrogen and oxygen atoms in total. The van der Waals surface area contributed by atoms with E-state index < -0.39 is 0 Å². The second kappa shape index (κ2) is 13.3. The predicted molar refractivity (Wildman–Crippen MR) is 82.3 cm³/mol. The SMILES string of the molecule is CCCCCCNCCN(CCC)CCN(C)C. The Balaban J connectivity index is 3.45. The van der Waals surface area contributed by atoms with E-state index in [0.717, 1.165) is 13.1 Å². The minimum atomic E-state index is 1.14. The first-order chi connectivity index (χ1) is 8.70. The molecule has 0 heterocycles. The fourth-order valence-corrected chi connectivity index (χ4v) is 2.03. The molecule has 0 saturated carbocycles. The van der Waals surface area contributed by atoms with Crippen molar-refractivity contribution in [2.24, 2.45) is 0 Å². The van der Waals surface area contributed by atoms with Crippen molar-refractivity contribution in [3.05, 3.63) is 0 Å². The van der Waals surface area contributed by atoms with Crippen LogP contribution < -0.4 is 5.32 Å². The summed E-state index contributed by atoms with van der Waals surface area (Å²) in [6, 6.07) is 0. The smallest absolute Gasteiger partial charge is 0.0110 e. The standard InChI is InChI=1S/C15H35N3/c1-5-7-8-9-10-16-11-13-18(12-6-2)15-14-17(3)4/h16H,5-15H2,1-4H3. The van der Waals surface area contributed by atoms with Gasteiger partial charge in [-0.25, -0.2) is 0 Å². The maximum Gasteiger partial charge on any atom is 0.0110 e. The molecule has 0 saturated heterocycles. The molecule has 18 heavy (non-hydrogen) atoms. The summed E-state index contributed by atoms with van der Waals surface area (Å²) in [6.45, 7) is 11.6. The first-order valence-corrected chi connectivity index (χ1v) is 7.78. The molecular formula is C15H35N3. The first kappa shape index (κ1) is 17.9. The summed E-state index contributed by atoms with van der Waals surface area (Å²) in [5, 5.41) is 3.57. The zero-order valence-corrected chi connectivity index (χ0v) is 13.2. The van der Waals surface area contributed by atoms with Crippen LogP contribution in [0.1, 0.15) is 46.0 Å². The highest BCUT2D eigenvalue weighted by atomic mass is 15.2. The summed E-state index contributed by atoms with van der Waals surface area (Å²) < 4.78 is 0. The molecule has 0 aromatic carbocycles. The van der Waals surface area contributed by atoms with Gasteiger partial charge in [-0.15, -0.1) is 0 Å². The van der Waals surface area contributed by atoms with Gasteiger partial charge in [-0.05, 0) is 40.0 Å². The maximum atomic E-state index is 3.57. The summed E-state index contributed by atoms with van der Waals surface area (Å²) >= 11 is 0. The van der Waals surface area contributed by atoms with E-state index in [9.17, 15) is 0 Å². The van der Waals surface area contributed by atoms with E-state index in [1.54, 1.807) is 0 Å². The topological polar surface area (TPSA) is 18.5 Å². The minimum absolute atomic E-state index is 1.14. The van der Waals surface area contributed by atoms with Gasteiger partial charge in [0.1, 0.15) is 0 Å². The van der Waals surface area contributed by atoms with Crippen LogP contribution in [0, 0.1) is 0 Å². The summed E-state index contributed by atoms with van der Waals surface area (Å²) in [5.74, 6) is 0. The second-order valence-corrected chi connectivity index (χ2v) is 5.46. The lowest BCUT2D eigenvalue weighted by Gasteiger charge is -2.23. The predicted octanol–water partition coefficient (Wildman–Crippen LogP) is 2.43. The molecule has 0 fully saturated rings. The normalized spacial score (nSPS) is 11.7. The average Bonchev–Trinajstić information content (AvgIpc) is 2.34. The van der Waals surface area contributed by atoms with Gasteiger partial charge in [0.15, 0.2) is 0 Å². The maximum absolute atomic E-state index is 3.57. The van der Waals surface area contributed by atoms with Crippen LogP contribution in [-0.2, 0) is 0 Å². The number of unbranched alkanes of at least 4 members (excludes halogenated alkanes) is 3. The molecule has 0 bridgehead atoms. The Morgan fingerprint density at radius 3 is 2.11 bits per heavy atom. The van der Waals surface area contributed by atoms with E-state index in [4.69, 9.17) is 0 Å². The Labute approximate surface area is 115 Å². The zero-order valence-electron chi connectivity index (χ0n) is 13.2. The molecule has 0 aromatic rings. The Morgan fingerprint density at radius 2 is 1.50 bits per heavy atom. The largest absolute Gasteiger partial charge is 0.315 e. The van der Waals surface area contributed by atoms with Crippen LogP contribution in [0.2, 0.25) is 0 Å². The Morgan fingerprint density at radius 1 is 0.722 bits per heavy atom. The summed E-state index contributed by atoms with van der Waals surface area (Å²) in [7, 11) is 4.30. The van der Waals surface area contributed by atoms with Crippen molar-refractivity contribution in [3.8, 4) is 0 Å². The van der Waals surface area contributed by atoms with Crippen LogP contribution in [0.3, 0.4) is 0 Å². The second-order valence-electron chi connectivity index (χ2n) is 5.46. The fraction of sp³-hybridized carbons (Fsp3) is 1.00. The molecule has 0 aliphatic carbocycles. The third-order valence-electron chi connectivity index (χ3n) is 3.22. The first-order valence-electron chi connectivity index (χ1n) is 7.78. The molecule has 0 aliphatic rings. The molecule has 0 spiro atoms. The Hall–Kier alpha value is -0.120. The molecule has 0 amide bonds. The molecule has 3 heteroatoms. The summed E-state index contributed by atoms with van der Waals surface area (Å²) in [5.41, 5.74) is 0. The van der Waals surface area contributed by atoms with Gasteiger partial charge in [0.05, 0.1) is 0 Å². The third kappa shape index (κ3) is 12.3. The van der Waals surface area contributed by atoms with Crippen LogP contribution >= 0.6 is 0 Å². The quantitative estimate of drug-likeness (QED) is 0.511. The van der Waals surface area contributed by atoms with E-state index in [1.807, 2.05) is 0 Å². The van der Waals surface area contributed by atoms with Gasteiger partial charge < -0.3 is 15.1 Å². The number of likely N-dealkylation sites (N-methyl/N-ethyl adjacent to an activating group) is 1. The van der Waals surface area contributed by atoms with E-state index in [1.165, 1.54) is 58.3 Å². The van der Waals surface area contributed by atoms with Gasteiger partial charge in [0.25, 0.3) is 0 Å². The summed E-state index contributed by atoms with van der Waals surface area (Å²) in [4.78, 5) is 4.83. The van der Waals surface area contributed by atoms with Gasteiger partial charge in [0, 0.05) is 26.2 Å². The minimum Gasteiger partial charge on any atom is -0.315 e. The van der Waals surface area contributed by atoms with Gasteiger partial charge in [-0.3, -0.25) is 0 Å². The van der Waals surface area contributed by atoms with Crippen molar-refractivity contribution in [2.75, 3.05) is 53.4 Å². The number of hydrogen-bond donors (Lipinski definition) is 1. The van der Waals surface area contributed by atoms with Crippen LogP contribution in [0.25, 0.3) is 0 Å². The highest BCUT2D eigenvalue weighted by Gasteiger charge is 2.03. The highest BCUT2D eigenvalue weighted by Crippen LogP contribution is 1.97. The highest BCUT2D eigenvalue weighted by molar-refractivity contribution is 4.61. The van der Waals surface area contributed by atoms with E-state index in [0.29, 0.717) is 0 Å². The molecule has 0 radical (unpaired) electrons. The van der Waals surface area contributed by atoms with Crippen molar-refractivity contribution in [1.29, 1.82) is 0 Å². The van der Waals surface area contributed by atoms with Crippen molar-refractivity contribution in [1.82, 2.24) is 15.1 Å². The van der Waals surface area contributed by atoms with Crippen LogP contribution in [0.4, 0.5) is 0 Å². The van der Waals surface area contributed by atoms with Crippen LogP contribution in [-0.4, -0.2) is 63.2 Å². The molecule has 0 rings (SSSR count).